The van der Waals surface area contributed by atoms with Crippen LogP contribution < -0.4 is 0 Å². The molecule has 0 amide bonds. The number of carbonyl (C=O) groups is 1. The molecule has 0 radical (unpaired) electrons. The number of esters is 1. The van der Waals surface area contributed by atoms with Gasteiger partial charge in [0.1, 0.15) is 0 Å². The second-order valence-electron chi connectivity index (χ2n) is 3.53. The van der Waals surface area contributed by atoms with Gasteiger partial charge in [-0.2, -0.15) is 0 Å². The maximum atomic E-state index is 11.4. The quantitative estimate of drug-likeness (QED) is 0.412. The van der Waals surface area contributed by atoms with Crippen LogP contribution in [-0.2, 0) is 9.53 Å². The van der Waals surface area contributed by atoms with E-state index in [1.165, 1.54) is 0 Å². The maximum Gasteiger partial charge on any atom is 0.310 e. The highest BCUT2D eigenvalue weighted by molar-refractivity contribution is 9.09. The molecule has 0 spiro atoms. The molecule has 78 valence electrons. The van der Waals surface area contributed by atoms with Gasteiger partial charge in [0.2, 0.25) is 0 Å². The third kappa shape index (κ3) is 5.29. The zero-order valence-corrected chi connectivity index (χ0v) is 10.3. The lowest BCUT2D eigenvalue weighted by atomic mass is 9.98. The fourth-order valence-corrected chi connectivity index (χ4v) is 1.95. The molecule has 0 fully saturated rings. The number of hydrogen-bond donors (Lipinski definition) is 0. The van der Waals surface area contributed by atoms with E-state index in [0.717, 1.165) is 12.8 Å². The van der Waals surface area contributed by atoms with Crippen LogP contribution in [0.2, 0.25) is 0 Å². The van der Waals surface area contributed by atoms with Crippen molar-refractivity contribution in [3.05, 3.63) is 0 Å². The van der Waals surface area contributed by atoms with Crippen molar-refractivity contribution in [2.24, 2.45) is 11.8 Å². The summed E-state index contributed by atoms with van der Waals surface area (Å²) in [6.07, 6.45) is 2.02. The molecule has 0 bridgehead atoms. The lowest BCUT2D eigenvalue weighted by Crippen LogP contribution is -2.24. The number of hydrogen-bond acceptors (Lipinski definition) is 2. The number of unbranched alkanes of at least 4 members (excludes halogenated alkanes) is 1. The summed E-state index contributed by atoms with van der Waals surface area (Å²) < 4.78 is 5.13. The molecule has 0 aromatic carbocycles. The number of carbonyl (C=O) groups excluding carboxylic acids is 1. The molecule has 0 rings (SSSR count). The van der Waals surface area contributed by atoms with Crippen molar-refractivity contribution < 1.29 is 9.53 Å². The average Bonchev–Trinajstić information content (AvgIpc) is 2.05. The van der Waals surface area contributed by atoms with Gasteiger partial charge in [0.15, 0.2) is 0 Å². The van der Waals surface area contributed by atoms with Crippen molar-refractivity contribution in [2.75, 3.05) is 11.9 Å². The van der Waals surface area contributed by atoms with Crippen molar-refractivity contribution in [3.8, 4) is 0 Å². The number of halogens is 1. The molecule has 0 aromatic rings. The first-order chi connectivity index (χ1) is 6.13. The summed E-state index contributed by atoms with van der Waals surface area (Å²) in [6, 6.07) is 0. The molecule has 0 aliphatic carbocycles. The van der Waals surface area contributed by atoms with E-state index in [0.29, 0.717) is 17.9 Å². The van der Waals surface area contributed by atoms with Crippen LogP contribution in [0.4, 0.5) is 0 Å². The number of ether oxygens (including phenoxy) is 1. The van der Waals surface area contributed by atoms with Gasteiger partial charge in [0.25, 0.3) is 0 Å². The minimum Gasteiger partial charge on any atom is -0.465 e. The Kier molecular flexibility index (Phi) is 7.33. The Bertz CT molecular complexity index is 146. The summed E-state index contributed by atoms with van der Waals surface area (Å²) in [4.78, 5) is 11.4. The lowest BCUT2D eigenvalue weighted by molar-refractivity contribution is -0.149. The molecule has 0 aliphatic rings. The first kappa shape index (κ1) is 12.9. The molecule has 1 unspecified atom stereocenters. The molecular formula is C10H19BrO2. The predicted molar refractivity (Wildman–Crippen MR) is 58.0 cm³/mol. The van der Waals surface area contributed by atoms with Crippen LogP contribution in [0.15, 0.2) is 0 Å². The Balaban J connectivity index is 3.78. The molecule has 2 nitrogen and oxygen atoms in total. The van der Waals surface area contributed by atoms with E-state index in [1.54, 1.807) is 0 Å². The second kappa shape index (κ2) is 7.36. The first-order valence-corrected chi connectivity index (χ1v) is 5.98. The van der Waals surface area contributed by atoms with Crippen molar-refractivity contribution in [3.63, 3.8) is 0 Å². The highest BCUT2D eigenvalue weighted by Crippen LogP contribution is 2.15. The number of rotatable bonds is 6. The van der Waals surface area contributed by atoms with Crippen LogP contribution >= 0.6 is 15.9 Å². The molecule has 13 heavy (non-hydrogen) atoms. The third-order valence-electron chi connectivity index (χ3n) is 2.02. The topological polar surface area (TPSA) is 26.3 Å². The van der Waals surface area contributed by atoms with Gasteiger partial charge in [-0.3, -0.25) is 4.79 Å². The predicted octanol–water partition coefficient (Wildman–Crippen LogP) is 3.00. The summed E-state index contributed by atoms with van der Waals surface area (Å²) in [5.74, 6) is 0.269. The van der Waals surface area contributed by atoms with Gasteiger partial charge in [-0.25, -0.2) is 0 Å². The van der Waals surface area contributed by atoms with E-state index in [1.807, 2.05) is 13.8 Å². The molecule has 0 aromatic heterocycles. The lowest BCUT2D eigenvalue weighted by Gasteiger charge is -2.16. The fraction of sp³-hybridized carbons (Fsp3) is 0.900. The summed E-state index contributed by atoms with van der Waals surface area (Å²) >= 11 is 3.33. The van der Waals surface area contributed by atoms with Crippen LogP contribution in [-0.4, -0.2) is 17.9 Å². The van der Waals surface area contributed by atoms with E-state index in [-0.39, 0.29) is 11.9 Å². The monoisotopic (exact) mass is 250 g/mol. The van der Waals surface area contributed by atoms with E-state index in [4.69, 9.17) is 4.74 Å². The molecule has 0 N–H and O–H groups in total. The second-order valence-corrected chi connectivity index (χ2v) is 4.17. The Morgan fingerprint density at radius 1 is 1.46 bits per heavy atom. The van der Waals surface area contributed by atoms with Gasteiger partial charge in [-0.05, 0) is 12.3 Å². The van der Waals surface area contributed by atoms with E-state index in [2.05, 4.69) is 22.9 Å². The van der Waals surface area contributed by atoms with E-state index < -0.39 is 0 Å². The van der Waals surface area contributed by atoms with Gasteiger partial charge in [-0.1, -0.05) is 43.1 Å². The molecule has 0 heterocycles. The van der Waals surface area contributed by atoms with Gasteiger partial charge < -0.3 is 4.74 Å². The van der Waals surface area contributed by atoms with Gasteiger partial charge in [0.05, 0.1) is 12.5 Å². The van der Waals surface area contributed by atoms with Crippen molar-refractivity contribution in [1.82, 2.24) is 0 Å². The smallest absolute Gasteiger partial charge is 0.310 e. The zero-order chi connectivity index (χ0) is 10.3. The van der Waals surface area contributed by atoms with Crippen LogP contribution in [0.25, 0.3) is 0 Å². The third-order valence-corrected chi connectivity index (χ3v) is 2.71. The Labute approximate surface area is 89.2 Å². The molecular weight excluding hydrogens is 232 g/mol. The van der Waals surface area contributed by atoms with E-state index >= 15 is 0 Å². The van der Waals surface area contributed by atoms with Crippen molar-refractivity contribution in [1.29, 1.82) is 0 Å². The van der Waals surface area contributed by atoms with Crippen LogP contribution in [0, 0.1) is 11.8 Å². The Hall–Kier alpha value is -0.0500. The minimum atomic E-state index is -0.0691. The molecule has 0 saturated heterocycles. The summed E-state index contributed by atoms with van der Waals surface area (Å²) in [6.45, 7) is 6.71. The molecule has 3 heteroatoms. The van der Waals surface area contributed by atoms with Crippen LogP contribution in [0.3, 0.4) is 0 Å². The average molecular weight is 251 g/mol. The SMILES string of the molecule is CCCCOC(=O)C(CBr)C(C)C. The van der Waals surface area contributed by atoms with Crippen molar-refractivity contribution >= 4 is 21.9 Å². The van der Waals surface area contributed by atoms with Crippen molar-refractivity contribution in [2.45, 2.75) is 33.6 Å². The standard InChI is InChI=1S/C10H19BrO2/c1-4-5-6-13-10(12)9(7-11)8(2)3/h8-9H,4-7H2,1-3H3. The van der Waals surface area contributed by atoms with Gasteiger partial charge in [0, 0.05) is 5.33 Å². The molecule has 1 atom stereocenters. The van der Waals surface area contributed by atoms with Crippen LogP contribution in [0.1, 0.15) is 33.6 Å². The summed E-state index contributed by atoms with van der Waals surface area (Å²) in [7, 11) is 0. The largest absolute Gasteiger partial charge is 0.465 e. The highest BCUT2D eigenvalue weighted by atomic mass is 79.9. The molecule has 0 aliphatic heterocycles. The fourth-order valence-electron chi connectivity index (χ4n) is 0.937. The highest BCUT2D eigenvalue weighted by Gasteiger charge is 2.21. The summed E-state index contributed by atoms with van der Waals surface area (Å²) in [5.41, 5.74) is 0. The van der Waals surface area contributed by atoms with E-state index in [9.17, 15) is 4.79 Å². The van der Waals surface area contributed by atoms with Crippen LogP contribution in [0.5, 0.6) is 0 Å². The normalized spacial score (nSPS) is 13.0. The first-order valence-electron chi connectivity index (χ1n) is 4.86. The van der Waals surface area contributed by atoms with Gasteiger partial charge in [-0.15, -0.1) is 0 Å². The maximum absolute atomic E-state index is 11.4. The Morgan fingerprint density at radius 3 is 2.46 bits per heavy atom. The van der Waals surface area contributed by atoms with Gasteiger partial charge >= 0.3 is 5.97 Å². The summed E-state index contributed by atoms with van der Waals surface area (Å²) in [5, 5.41) is 0.690. The molecule has 0 saturated carbocycles. The number of alkyl halides is 1. The Morgan fingerprint density at radius 2 is 2.08 bits per heavy atom. The minimum absolute atomic E-state index is 0.00291. The zero-order valence-electron chi connectivity index (χ0n) is 8.68.